The predicted molar refractivity (Wildman–Crippen MR) is 160 cm³/mol. The molecule has 0 bridgehead atoms. The van der Waals surface area contributed by atoms with Gasteiger partial charge in [-0.15, -0.1) is 0 Å². The zero-order valence-electron chi connectivity index (χ0n) is 23.0. The number of sulfonamides is 1. The van der Waals surface area contributed by atoms with Gasteiger partial charge in [0.05, 0.1) is 11.9 Å². The summed E-state index contributed by atoms with van der Waals surface area (Å²) < 4.78 is 27.9. The van der Waals surface area contributed by atoms with Gasteiger partial charge in [-0.3, -0.25) is 13.9 Å². The van der Waals surface area contributed by atoms with Crippen molar-refractivity contribution in [3.8, 4) is 0 Å². The van der Waals surface area contributed by atoms with Crippen LogP contribution < -0.4 is 9.62 Å². The van der Waals surface area contributed by atoms with E-state index in [2.05, 4.69) is 21.2 Å². The standard InChI is InChI=1S/C30H36BrN3O4S/c1-21(2)32-30(36)28(18-24-11-7-6-8-12-24)33(19-25-14-16-26(31)17-15-25)29(35)20-34(39(5,37)38)27-13-9-10-22(3)23(27)4/h6-17,21,28H,18-20H2,1-5H3,(H,32,36). The summed E-state index contributed by atoms with van der Waals surface area (Å²) in [6.45, 7) is 7.17. The first kappa shape index (κ1) is 30.4. The van der Waals surface area contributed by atoms with Crippen molar-refractivity contribution in [2.24, 2.45) is 0 Å². The lowest BCUT2D eigenvalue weighted by Gasteiger charge is -2.34. The highest BCUT2D eigenvalue weighted by atomic mass is 79.9. The van der Waals surface area contributed by atoms with Crippen LogP contribution in [0.15, 0.2) is 77.3 Å². The van der Waals surface area contributed by atoms with E-state index in [9.17, 15) is 18.0 Å². The van der Waals surface area contributed by atoms with E-state index in [1.54, 1.807) is 12.1 Å². The topological polar surface area (TPSA) is 86.8 Å². The monoisotopic (exact) mass is 613 g/mol. The smallest absolute Gasteiger partial charge is 0.244 e. The lowest BCUT2D eigenvalue weighted by molar-refractivity contribution is -0.140. The van der Waals surface area contributed by atoms with Crippen molar-refractivity contribution in [2.45, 2.75) is 52.7 Å². The Morgan fingerprint density at radius 2 is 1.54 bits per heavy atom. The van der Waals surface area contributed by atoms with Crippen LogP contribution in [0.5, 0.6) is 0 Å². The number of carbonyl (C=O) groups is 2. The fourth-order valence-electron chi connectivity index (χ4n) is 4.32. The van der Waals surface area contributed by atoms with E-state index >= 15 is 0 Å². The molecule has 7 nitrogen and oxygen atoms in total. The molecule has 0 saturated carbocycles. The molecule has 0 spiro atoms. The Labute approximate surface area is 240 Å². The molecule has 39 heavy (non-hydrogen) atoms. The minimum atomic E-state index is -3.81. The van der Waals surface area contributed by atoms with Crippen LogP contribution in [0.4, 0.5) is 5.69 Å². The largest absolute Gasteiger partial charge is 0.352 e. The van der Waals surface area contributed by atoms with Gasteiger partial charge >= 0.3 is 0 Å². The average Bonchev–Trinajstić information content (AvgIpc) is 2.87. The van der Waals surface area contributed by atoms with Gasteiger partial charge in [0, 0.05) is 23.5 Å². The normalized spacial score (nSPS) is 12.2. The summed E-state index contributed by atoms with van der Waals surface area (Å²) in [5.41, 5.74) is 3.84. The predicted octanol–water partition coefficient (Wildman–Crippen LogP) is 5.00. The van der Waals surface area contributed by atoms with Gasteiger partial charge in [0.1, 0.15) is 12.6 Å². The van der Waals surface area contributed by atoms with E-state index in [1.807, 2.05) is 88.4 Å². The molecule has 3 aromatic carbocycles. The van der Waals surface area contributed by atoms with Gasteiger partial charge in [-0.25, -0.2) is 8.42 Å². The summed E-state index contributed by atoms with van der Waals surface area (Å²) in [4.78, 5) is 29.1. The first-order valence-electron chi connectivity index (χ1n) is 12.8. The molecule has 0 saturated heterocycles. The maximum absolute atomic E-state index is 14.1. The number of amides is 2. The second-order valence-corrected chi connectivity index (χ2v) is 12.8. The number of hydrogen-bond donors (Lipinski definition) is 1. The fourth-order valence-corrected chi connectivity index (χ4v) is 5.49. The Balaban J connectivity index is 2.07. The van der Waals surface area contributed by atoms with Crippen molar-refractivity contribution in [3.63, 3.8) is 0 Å². The molecular formula is C30H36BrN3O4S. The molecule has 1 unspecified atom stereocenters. The molecular weight excluding hydrogens is 578 g/mol. The van der Waals surface area contributed by atoms with Gasteiger partial charge in [-0.05, 0) is 68.1 Å². The number of nitrogens with one attached hydrogen (secondary N) is 1. The molecule has 0 radical (unpaired) electrons. The van der Waals surface area contributed by atoms with Gasteiger partial charge < -0.3 is 10.2 Å². The second kappa shape index (κ2) is 13.3. The lowest BCUT2D eigenvalue weighted by atomic mass is 10.0. The molecule has 1 N–H and O–H groups in total. The number of aryl methyl sites for hydroxylation is 1. The minimum absolute atomic E-state index is 0.136. The van der Waals surface area contributed by atoms with Crippen molar-refractivity contribution < 1.29 is 18.0 Å². The highest BCUT2D eigenvalue weighted by Crippen LogP contribution is 2.26. The van der Waals surface area contributed by atoms with Gasteiger partial charge in [0.2, 0.25) is 21.8 Å². The summed E-state index contributed by atoms with van der Waals surface area (Å²) in [7, 11) is -3.81. The number of carbonyl (C=O) groups excluding carboxylic acids is 2. The van der Waals surface area contributed by atoms with Gasteiger partial charge in [0.25, 0.3) is 0 Å². The molecule has 2 amide bonds. The Morgan fingerprint density at radius 3 is 2.13 bits per heavy atom. The number of nitrogens with zero attached hydrogens (tertiary/aromatic N) is 2. The summed E-state index contributed by atoms with van der Waals surface area (Å²) in [5.74, 6) is -0.763. The molecule has 3 aromatic rings. The molecule has 0 aromatic heterocycles. The Hall–Kier alpha value is -3.17. The third-order valence-corrected chi connectivity index (χ3v) is 8.15. The molecule has 0 heterocycles. The summed E-state index contributed by atoms with van der Waals surface area (Å²) in [6.07, 6.45) is 1.37. The summed E-state index contributed by atoms with van der Waals surface area (Å²) in [6, 6.07) is 21.4. The fraction of sp³-hybridized carbons (Fsp3) is 0.333. The van der Waals surface area contributed by atoms with E-state index < -0.39 is 28.5 Å². The number of benzene rings is 3. The van der Waals surface area contributed by atoms with Crippen molar-refractivity contribution in [1.82, 2.24) is 10.2 Å². The van der Waals surface area contributed by atoms with Crippen molar-refractivity contribution in [3.05, 3.63) is 99.5 Å². The van der Waals surface area contributed by atoms with Crippen molar-refractivity contribution in [1.29, 1.82) is 0 Å². The highest BCUT2D eigenvalue weighted by Gasteiger charge is 2.33. The van der Waals surface area contributed by atoms with Crippen LogP contribution in [0.25, 0.3) is 0 Å². The Bertz CT molecular complexity index is 1390. The Morgan fingerprint density at radius 1 is 0.897 bits per heavy atom. The van der Waals surface area contributed by atoms with E-state index in [4.69, 9.17) is 0 Å². The molecule has 0 aliphatic heterocycles. The molecule has 0 aliphatic carbocycles. The maximum atomic E-state index is 14.1. The van der Waals surface area contributed by atoms with Crippen LogP contribution in [-0.2, 0) is 32.6 Å². The van der Waals surface area contributed by atoms with E-state index in [0.717, 1.165) is 37.3 Å². The SMILES string of the molecule is Cc1cccc(N(CC(=O)N(Cc2ccc(Br)cc2)C(Cc2ccccc2)C(=O)NC(C)C)S(C)(=O)=O)c1C. The summed E-state index contributed by atoms with van der Waals surface area (Å²) >= 11 is 3.44. The average molecular weight is 615 g/mol. The van der Waals surface area contributed by atoms with Gasteiger partial charge in [-0.2, -0.15) is 0 Å². The van der Waals surface area contributed by atoms with E-state index in [0.29, 0.717) is 5.69 Å². The molecule has 0 aliphatic rings. The van der Waals surface area contributed by atoms with Crippen LogP contribution in [0, 0.1) is 13.8 Å². The third-order valence-electron chi connectivity index (χ3n) is 6.49. The highest BCUT2D eigenvalue weighted by molar-refractivity contribution is 9.10. The zero-order chi connectivity index (χ0) is 28.7. The van der Waals surface area contributed by atoms with E-state index in [-0.39, 0.29) is 24.9 Å². The molecule has 1 atom stereocenters. The summed E-state index contributed by atoms with van der Waals surface area (Å²) in [5, 5.41) is 2.95. The zero-order valence-corrected chi connectivity index (χ0v) is 25.4. The quantitative estimate of drug-likeness (QED) is 0.330. The van der Waals surface area contributed by atoms with Crippen molar-refractivity contribution >= 4 is 43.5 Å². The van der Waals surface area contributed by atoms with Crippen molar-refractivity contribution in [2.75, 3.05) is 17.1 Å². The first-order valence-corrected chi connectivity index (χ1v) is 15.4. The van der Waals surface area contributed by atoms with Crippen LogP contribution in [0.1, 0.15) is 36.1 Å². The van der Waals surface area contributed by atoms with Crippen LogP contribution >= 0.6 is 15.9 Å². The third kappa shape index (κ3) is 8.41. The number of halogens is 1. The van der Waals surface area contributed by atoms with Crippen LogP contribution in [0.2, 0.25) is 0 Å². The van der Waals surface area contributed by atoms with E-state index in [1.165, 1.54) is 4.90 Å². The van der Waals surface area contributed by atoms with Gasteiger partial charge in [0.15, 0.2) is 0 Å². The van der Waals surface area contributed by atoms with Gasteiger partial charge in [-0.1, -0.05) is 70.5 Å². The molecule has 3 rings (SSSR count). The maximum Gasteiger partial charge on any atom is 0.244 e. The minimum Gasteiger partial charge on any atom is -0.352 e. The molecule has 9 heteroatoms. The molecule has 0 fully saturated rings. The molecule has 208 valence electrons. The Kier molecular flexibility index (Phi) is 10.3. The number of hydrogen-bond acceptors (Lipinski definition) is 4. The second-order valence-electron chi connectivity index (χ2n) is 10.0. The van der Waals surface area contributed by atoms with Crippen LogP contribution in [-0.4, -0.2) is 50.0 Å². The first-order chi connectivity index (χ1) is 18.4. The number of anilines is 1. The van der Waals surface area contributed by atoms with Crippen LogP contribution in [0.3, 0.4) is 0 Å². The lowest BCUT2D eigenvalue weighted by Crippen LogP contribution is -2.54. The number of rotatable bonds is 11.